The number of halogens is 1. The standard InChI is InChI=1S/C14H15ClN2O2S/c15-13-5-3-12(4-6-13)11-20(18,19)17-9-8-16-7-1-2-14(16)10-17/h1-7H,8-11H2. The van der Waals surface area contributed by atoms with Crippen LogP contribution in [0, 0.1) is 0 Å². The molecule has 0 saturated heterocycles. The Balaban J connectivity index is 1.77. The fourth-order valence-electron chi connectivity index (χ4n) is 2.41. The lowest BCUT2D eigenvalue weighted by Gasteiger charge is -2.27. The fraction of sp³-hybridized carbons (Fsp3) is 0.286. The molecule has 20 heavy (non-hydrogen) atoms. The summed E-state index contributed by atoms with van der Waals surface area (Å²) in [5.41, 5.74) is 1.80. The van der Waals surface area contributed by atoms with Crippen molar-refractivity contribution in [2.24, 2.45) is 0 Å². The summed E-state index contributed by atoms with van der Waals surface area (Å²) in [6.45, 7) is 1.68. The summed E-state index contributed by atoms with van der Waals surface area (Å²) in [5, 5.41) is 0.613. The first-order chi connectivity index (χ1) is 9.54. The van der Waals surface area contributed by atoms with Gasteiger partial charge in [-0.2, -0.15) is 4.31 Å². The van der Waals surface area contributed by atoms with Crippen LogP contribution < -0.4 is 0 Å². The van der Waals surface area contributed by atoms with Gasteiger partial charge in [0.1, 0.15) is 0 Å². The number of sulfonamides is 1. The van der Waals surface area contributed by atoms with Gasteiger partial charge in [-0.1, -0.05) is 23.7 Å². The van der Waals surface area contributed by atoms with Gasteiger partial charge in [0, 0.05) is 30.0 Å². The molecule has 0 unspecified atom stereocenters. The van der Waals surface area contributed by atoms with Crippen molar-refractivity contribution in [3.63, 3.8) is 0 Å². The highest BCUT2D eigenvalue weighted by Crippen LogP contribution is 2.20. The molecule has 1 aliphatic heterocycles. The highest BCUT2D eigenvalue weighted by molar-refractivity contribution is 7.88. The van der Waals surface area contributed by atoms with Gasteiger partial charge >= 0.3 is 0 Å². The number of aromatic nitrogens is 1. The van der Waals surface area contributed by atoms with E-state index in [2.05, 4.69) is 4.57 Å². The van der Waals surface area contributed by atoms with Crippen LogP contribution in [-0.4, -0.2) is 23.8 Å². The third-order valence-electron chi connectivity index (χ3n) is 3.51. The molecule has 1 aliphatic rings. The summed E-state index contributed by atoms with van der Waals surface area (Å²) in [6, 6.07) is 10.9. The van der Waals surface area contributed by atoms with Gasteiger partial charge in [-0.25, -0.2) is 8.42 Å². The van der Waals surface area contributed by atoms with Crippen LogP contribution in [0.2, 0.25) is 5.02 Å². The zero-order valence-electron chi connectivity index (χ0n) is 10.9. The average molecular weight is 311 g/mol. The Morgan fingerprint density at radius 2 is 1.85 bits per heavy atom. The molecule has 0 fully saturated rings. The van der Waals surface area contributed by atoms with Gasteiger partial charge in [0.2, 0.25) is 10.0 Å². The Labute approximate surface area is 123 Å². The molecule has 0 radical (unpaired) electrons. The number of hydrogen-bond acceptors (Lipinski definition) is 2. The first kappa shape index (κ1) is 13.7. The maximum Gasteiger partial charge on any atom is 0.218 e. The van der Waals surface area contributed by atoms with Crippen LogP contribution in [-0.2, 0) is 28.9 Å². The monoisotopic (exact) mass is 310 g/mol. The van der Waals surface area contributed by atoms with Crippen LogP contribution >= 0.6 is 11.6 Å². The van der Waals surface area contributed by atoms with Gasteiger partial charge in [-0.05, 0) is 29.8 Å². The van der Waals surface area contributed by atoms with Crippen molar-refractivity contribution in [3.05, 3.63) is 58.9 Å². The molecule has 0 aliphatic carbocycles. The van der Waals surface area contributed by atoms with Crippen LogP contribution in [0.25, 0.3) is 0 Å². The van der Waals surface area contributed by atoms with Gasteiger partial charge in [0.15, 0.2) is 0 Å². The molecule has 0 bridgehead atoms. The van der Waals surface area contributed by atoms with E-state index in [4.69, 9.17) is 11.6 Å². The summed E-state index contributed by atoms with van der Waals surface area (Å²) < 4.78 is 28.6. The minimum Gasteiger partial charge on any atom is -0.349 e. The minimum absolute atomic E-state index is 0.0187. The molecule has 2 aromatic rings. The molecule has 0 amide bonds. The first-order valence-electron chi connectivity index (χ1n) is 6.41. The van der Waals surface area contributed by atoms with E-state index < -0.39 is 10.0 Å². The fourth-order valence-corrected chi connectivity index (χ4v) is 4.02. The number of rotatable bonds is 3. The quantitative estimate of drug-likeness (QED) is 0.874. The largest absolute Gasteiger partial charge is 0.349 e. The summed E-state index contributed by atoms with van der Waals surface area (Å²) in [5.74, 6) is 0.0187. The number of nitrogens with zero attached hydrogens (tertiary/aromatic N) is 2. The van der Waals surface area contributed by atoms with Crippen LogP contribution in [0.4, 0.5) is 0 Å². The molecule has 106 valence electrons. The molecule has 0 N–H and O–H groups in total. The highest BCUT2D eigenvalue weighted by Gasteiger charge is 2.26. The van der Waals surface area contributed by atoms with Crippen molar-refractivity contribution in [2.75, 3.05) is 6.54 Å². The Kier molecular flexibility index (Phi) is 3.58. The zero-order chi connectivity index (χ0) is 14.2. The van der Waals surface area contributed by atoms with Crippen molar-refractivity contribution in [3.8, 4) is 0 Å². The highest BCUT2D eigenvalue weighted by atomic mass is 35.5. The van der Waals surface area contributed by atoms with Gasteiger partial charge < -0.3 is 4.57 Å². The molecule has 3 rings (SSSR count). The SMILES string of the molecule is O=S(=O)(Cc1ccc(Cl)cc1)N1CCn2cccc2C1. The van der Waals surface area contributed by atoms with Crippen LogP contribution in [0.3, 0.4) is 0 Å². The lowest BCUT2D eigenvalue weighted by atomic mass is 10.2. The molecule has 1 aromatic carbocycles. The van der Waals surface area contributed by atoms with Crippen molar-refractivity contribution < 1.29 is 8.42 Å². The molecular formula is C14H15ClN2O2S. The van der Waals surface area contributed by atoms with E-state index in [1.54, 1.807) is 28.6 Å². The van der Waals surface area contributed by atoms with Crippen LogP contribution in [0.5, 0.6) is 0 Å². The molecule has 0 spiro atoms. The third kappa shape index (κ3) is 2.75. The summed E-state index contributed by atoms with van der Waals surface area (Å²) >= 11 is 5.81. The van der Waals surface area contributed by atoms with Crippen LogP contribution in [0.15, 0.2) is 42.6 Å². The maximum atomic E-state index is 12.5. The first-order valence-corrected chi connectivity index (χ1v) is 8.39. The number of benzene rings is 1. The summed E-state index contributed by atoms with van der Waals surface area (Å²) in [6.07, 6.45) is 1.98. The van der Waals surface area contributed by atoms with E-state index in [9.17, 15) is 8.42 Å². The maximum absolute atomic E-state index is 12.5. The molecule has 6 heteroatoms. The molecule has 2 heterocycles. The molecule has 0 atom stereocenters. The van der Waals surface area contributed by atoms with Gasteiger partial charge in [0.05, 0.1) is 12.3 Å². The van der Waals surface area contributed by atoms with Gasteiger partial charge in [-0.15, -0.1) is 0 Å². The molecule has 4 nitrogen and oxygen atoms in total. The Hall–Kier alpha value is -1.30. The van der Waals surface area contributed by atoms with Crippen molar-refractivity contribution >= 4 is 21.6 Å². The Bertz CT molecular complexity index is 707. The van der Waals surface area contributed by atoms with E-state index in [0.29, 0.717) is 24.7 Å². The predicted octanol–water partition coefficient (Wildman–Crippen LogP) is 2.49. The number of fused-ring (bicyclic) bond motifs is 1. The molecule has 1 aromatic heterocycles. The lowest BCUT2D eigenvalue weighted by molar-refractivity contribution is 0.341. The minimum atomic E-state index is -3.29. The second-order valence-electron chi connectivity index (χ2n) is 4.91. The van der Waals surface area contributed by atoms with E-state index in [1.165, 1.54) is 0 Å². The van der Waals surface area contributed by atoms with E-state index in [0.717, 1.165) is 11.3 Å². The third-order valence-corrected chi connectivity index (χ3v) is 5.56. The van der Waals surface area contributed by atoms with Crippen LogP contribution in [0.1, 0.15) is 11.3 Å². The van der Waals surface area contributed by atoms with Crippen molar-refractivity contribution in [1.29, 1.82) is 0 Å². The topological polar surface area (TPSA) is 42.3 Å². The number of hydrogen-bond donors (Lipinski definition) is 0. The van der Waals surface area contributed by atoms with Gasteiger partial charge in [0.25, 0.3) is 0 Å². The summed E-state index contributed by atoms with van der Waals surface area (Å²) in [7, 11) is -3.29. The summed E-state index contributed by atoms with van der Waals surface area (Å²) in [4.78, 5) is 0. The van der Waals surface area contributed by atoms with Crippen molar-refractivity contribution in [2.45, 2.75) is 18.8 Å². The molecular weight excluding hydrogens is 296 g/mol. The zero-order valence-corrected chi connectivity index (χ0v) is 12.4. The van der Waals surface area contributed by atoms with E-state index in [-0.39, 0.29) is 5.75 Å². The predicted molar refractivity (Wildman–Crippen MR) is 78.9 cm³/mol. The second-order valence-corrected chi connectivity index (χ2v) is 7.31. The second kappa shape index (κ2) is 5.24. The Morgan fingerprint density at radius 1 is 1.10 bits per heavy atom. The smallest absolute Gasteiger partial charge is 0.218 e. The Morgan fingerprint density at radius 3 is 2.60 bits per heavy atom. The normalized spacial score (nSPS) is 16.1. The van der Waals surface area contributed by atoms with Gasteiger partial charge in [-0.3, -0.25) is 0 Å². The average Bonchev–Trinajstić information content (AvgIpc) is 2.88. The van der Waals surface area contributed by atoms with E-state index in [1.807, 2.05) is 18.3 Å². The van der Waals surface area contributed by atoms with Crippen molar-refractivity contribution in [1.82, 2.24) is 8.87 Å². The lowest BCUT2D eigenvalue weighted by Crippen LogP contribution is -2.38. The van der Waals surface area contributed by atoms with E-state index >= 15 is 0 Å². The molecule has 0 saturated carbocycles.